The fraction of sp³-hybridized carbons (Fsp3) is 0.333. The predicted molar refractivity (Wildman–Crippen MR) is 115 cm³/mol. The molecule has 1 aliphatic heterocycles. The summed E-state index contributed by atoms with van der Waals surface area (Å²) in [4.78, 5) is 23.1. The number of ether oxygens (including phenoxy) is 1. The van der Waals surface area contributed by atoms with Gasteiger partial charge in [-0.15, -0.1) is 0 Å². The highest BCUT2D eigenvalue weighted by Gasteiger charge is 2.52. The number of H-pyrrole nitrogens is 1. The van der Waals surface area contributed by atoms with Crippen LogP contribution in [0.4, 0.5) is 15.9 Å². The van der Waals surface area contributed by atoms with Crippen molar-refractivity contribution in [2.45, 2.75) is 25.4 Å². The Morgan fingerprint density at radius 2 is 2.06 bits per heavy atom. The van der Waals surface area contributed by atoms with Gasteiger partial charge in [0.15, 0.2) is 5.75 Å². The summed E-state index contributed by atoms with van der Waals surface area (Å²) in [6, 6.07) is 3.72. The maximum absolute atomic E-state index is 14.4. The zero-order chi connectivity index (χ0) is 21.3. The fourth-order valence-electron chi connectivity index (χ4n) is 4.62. The second-order valence-electron chi connectivity index (χ2n) is 8.16. The van der Waals surface area contributed by atoms with Gasteiger partial charge in [-0.3, -0.25) is 0 Å². The number of fused-ring (bicyclic) bond motifs is 4. The maximum Gasteiger partial charge on any atom is 0.326 e. The molecule has 4 heterocycles. The smallest absolute Gasteiger partial charge is 0.326 e. The van der Waals surface area contributed by atoms with Crippen LogP contribution in [0.2, 0.25) is 0 Å². The summed E-state index contributed by atoms with van der Waals surface area (Å²) in [5.74, 6) is 1.96. The molecular weight excluding hydrogens is 399 g/mol. The van der Waals surface area contributed by atoms with Crippen molar-refractivity contribution in [3.8, 4) is 11.8 Å². The van der Waals surface area contributed by atoms with Crippen LogP contribution in [0.15, 0.2) is 24.5 Å². The SMILES string of the molecule is CNc1cc(F)cc2c1[nH]c1nc(Oc3cnc(C)nc3)nc(N3CC4[C@H](N)C[C@@H]43)c12. The van der Waals surface area contributed by atoms with E-state index in [1.807, 2.05) is 0 Å². The Bertz CT molecular complexity index is 1320. The van der Waals surface area contributed by atoms with E-state index in [-0.39, 0.29) is 17.9 Å². The Labute approximate surface area is 176 Å². The minimum absolute atomic E-state index is 0.181. The summed E-state index contributed by atoms with van der Waals surface area (Å²) in [6.07, 6.45) is 4.08. The fourth-order valence-corrected chi connectivity index (χ4v) is 4.62. The van der Waals surface area contributed by atoms with Crippen LogP contribution in [-0.4, -0.2) is 50.6 Å². The maximum atomic E-state index is 14.4. The number of halogens is 1. The molecular formula is C21H21FN8O. The molecule has 31 heavy (non-hydrogen) atoms. The topological polar surface area (TPSA) is 118 Å². The van der Waals surface area contributed by atoms with Crippen molar-refractivity contribution in [2.75, 3.05) is 23.8 Å². The monoisotopic (exact) mass is 420 g/mol. The number of hydrogen-bond donors (Lipinski definition) is 3. The first-order chi connectivity index (χ1) is 15.0. The van der Waals surface area contributed by atoms with Crippen LogP contribution in [0.5, 0.6) is 11.8 Å². The summed E-state index contributed by atoms with van der Waals surface area (Å²) in [6.45, 7) is 2.61. The molecule has 10 heteroatoms. The van der Waals surface area contributed by atoms with Crippen LogP contribution in [-0.2, 0) is 0 Å². The summed E-state index contributed by atoms with van der Waals surface area (Å²) < 4.78 is 20.2. The van der Waals surface area contributed by atoms with Crippen molar-refractivity contribution in [3.05, 3.63) is 36.2 Å². The van der Waals surface area contributed by atoms with E-state index >= 15 is 0 Å². The molecule has 1 aromatic carbocycles. The molecule has 158 valence electrons. The average molecular weight is 420 g/mol. The van der Waals surface area contributed by atoms with Crippen molar-refractivity contribution in [2.24, 2.45) is 11.7 Å². The number of nitrogens with zero attached hydrogens (tertiary/aromatic N) is 5. The number of aromatic amines is 1. The van der Waals surface area contributed by atoms with E-state index in [1.165, 1.54) is 12.1 Å². The van der Waals surface area contributed by atoms with Crippen molar-refractivity contribution < 1.29 is 9.13 Å². The Balaban J connectivity index is 1.53. The number of rotatable bonds is 4. The molecule has 3 aromatic heterocycles. The third-order valence-electron chi connectivity index (χ3n) is 6.36. The number of nitrogens with one attached hydrogen (secondary N) is 2. The molecule has 1 aliphatic carbocycles. The van der Waals surface area contributed by atoms with Crippen LogP contribution in [0.25, 0.3) is 21.9 Å². The van der Waals surface area contributed by atoms with Crippen LogP contribution < -0.4 is 20.7 Å². The Hall–Kier alpha value is -3.53. The lowest BCUT2D eigenvalue weighted by Gasteiger charge is -2.59. The van der Waals surface area contributed by atoms with Crippen molar-refractivity contribution in [3.63, 3.8) is 0 Å². The van der Waals surface area contributed by atoms with E-state index in [9.17, 15) is 4.39 Å². The van der Waals surface area contributed by atoms with Gasteiger partial charge in [-0.1, -0.05) is 0 Å². The third kappa shape index (κ3) is 2.71. The third-order valence-corrected chi connectivity index (χ3v) is 6.36. The van der Waals surface area contributed by atoms with Gasteiger partial charge in [-0.05, 0) is 25.5 Å². The number of nitrogens with two attached hydrogens (primary N) is 1. The first-order valence-corrected chi connectivity index (χ1v) is 10.2. The van der Waals surface area contributed by atoms with Gasteiger partial charge in [-0.2, -0.15) is 9.97 Å². The van der Waals surface area contributed by atoms with E-state index in [0.29, 0.717) is 34.9 Å². The highest BCUT2D eigenvalue weighted by atomic mass is 19.1. The standard InChI is InChI=1S/C21H21FN8O/c1-9-25-6-11(7-26-9)31-21-28-19-17(12-3-10(22)4-15(24-2)18(12)27-19)20(29-21)30-8-13-14(23)5-16(13)30/h3-4,6-7,13-14,16,24H,5,8,23H2,1-2H3,(H,27,28,29)/t13?,14-,16+/m1/s1. The molecule has 2 fully saturated rings. The molecule has 1 saturated heterocycles. The highest BCUT2D eigenvalue weighted by Crippen LogP contribution is 2.46. The zero-order valence-electron chi connectivity index (χ0n) is 17.1. The lowest BCUT2D eigenvalue weighted by Crippen LogP contribution is -2.71. The predicted octanol–water partition coefficient (Wildman–Crippen LogP) is 2.72. The van der Waals surface area contributed by atoms with E-state index in [0.717, 1.165) is 35.1 Å². The van der Waals surface area contributed by atoms with Crippen LogP contribution >= 0.6 is 0 Å². The summed E-state index contributed by atoms with van der Waals surface area (Å²) >= 11 is 0. The first kappa shape index (κ1) is 18.3. The molecule has 2 aliphatic rings. The summed E-state index contributed by atoms with van der Waals surface area (Å²) in [7, 11) is 1.76. The Morgan fingerprint density at radius 1 is 1.26 bits per heavy atom. The van der Waals surface area contributed by atoms with Gasteiger partial charge in [-0.25, -0.2) is 14.4 Å². The van der Waals surface area contributed by atoms with E-state index in [4.69, 9.17) is 15.5 Å². The number of aryl methyl sites for hydroxylation is 1. The minimum atomic E-state index is -0.326. The molecule has 6 rings (SSSR count). The Kier molecular flexibility index (Phi) is 3.82. The van der Waals surface area contributed by atoms with E-state index < -0.39 is 0 Å². The molecule has 0 radical (unpaired) electrons. The zero-order valence-corrected chi connectivity index (χ0v) is 17.1. The number of aromatic nitrogens is 5. The van der Waals surface area contributed by atoms with Crippen molar-refractivity contribution in [1.29, 1.82) is 0 Å². The summed E-state index contributed by atoms with van der Waals surface area (Å²) in [5.41, 5.74) is 8.13. The molecule has 3 atom stereocenters. The molecule has 9 nitrogen and oxygen atoms in total. The quantitative estimate of drug-likeness (QED) is 0.461. The second kappa shape index (κ2) is 6.48. The van der Waals surface area contributed by atoms with Crippen LogP contribution in [0, 0.1) is 18.7 Å². The van der Waals surface area contributed by atoms with Crippen LogP contribution in [0.3, 0.4) is 0 Å². The van der Waals surface area contributed by atoms with Gasteiger partial charge >= 0.3 is 6.01 Å². The average Bonchev–Trinajstić information content (AvgIpc) is 3.11. The lowest BCUT2D eigenvalue weighted by atomic mass is 9.67. The van der Waals surface area contributed by atoms with Crippen LogP contribution in [0.1, 0.15) is 12.2 Å². The Morgan fingerprint density at radius 3 is 2.74 bits per heavy atom. The number of anilines is 2. The minimum Gasteiger partial charge on any atom is -0.421 e. The molecule has 0 amide bonds. The molecule has 0 bridgehead atoms. The molecule has 4 N–H and O–H groups in total. The van der Waals surface area contributed by atoms with Gasteiger partial charge in [0, 0.05) is 37.0 Å². The lowest BCUT2D eigenvalue weighted by molar-refractivity contribution is 0.121. The highest BCUT2D eigenvalue weighted by molar-refractivity contribution is 6.14. The molecule has 0 spiro atoms. The molecule has 1 saturated carbocycles. The largest absolute Gasteiger partial charge is 0.421 e. The van der Waals surface area contributed by atoms with Gasteiger partial charge in [0.1, 0.15) is 23.1 Å². The van der Waals surface area contributed by atoms with E-state index in [2.05, 4.69) is 30.2 Å². The van der Waals surface area contributed by atoms with Gasteiger partial charge in [0.25, 0.3) is 0 Å². The van der Waals surface area contributed by atoms with Gasteiger partial charge < -0.3 is 25.7 Å². The molecule has 4 aromatic rings. The second-order valence-corrected chi connectivity index (χ2v) is 8.16. The number of hydrogen-bond acceptors (Lipinski definition) is 8. The molecule has 1 unspecified atom stereocenters. The summed E-state index contributed by atoms with van der Waals surface area (Å²) in [5, 5.41) is 4.55. The first-order valence-electron chi connectivity index (χ1n) is 10.2. The van der Waals surface area contributed by atoms with Gasteiger partial charge in [0.2, 0.25) is 0 Å². The number of benzene rings is 1. The van der Waals surface area contributed by atoms with E-state index in [1.54, 1.807) is 26.4 Å². The van der Waals surface area contributed by atoms with Gasteiger partial charge in [0.05, 0.1) is 29.0 Å². The number of piperidine rings is 1. The van der Waals surface area contributed by atoms with Crippen molar-refractivity contribution >= 4 is 33.4 Å². The van der Waals surface area contributed by atoms with Crippen molar-refractivity contribution in [1.82, 2.24) is 24.9 Å². The normalized spacial score (nSPS) is 22.2.